The molecule has 55 heavy (non-hydrogen) atoms. The van der Waals surface area contributed by atoms with Gasteiger partial charge in [-0.2, -0.15) is 19.2 Å². The van der Waals surface area contributed by atoms with Gasteiger partial charge < -0.3 is 38.1 Å². The maximum atomic E-state index is 12.3. The van der Waals surface area contributed by atoms with Crippen LogP contribution in [0.1, 0.15) is 84.3 Å². The molecule has 2 heterocycles. The highest BCUT2D eigenvalue weighted by molar-refractivity contribution is 6.17. The number of pyridine rings is 2. The van der Waals surface area contributed by atoms with E-state index in [4.69, 9.17) is 38.1 Å². The lowest BCUT2D eigenvalue weighted by molar-refractivity contribution is -0.193. The Morgan fingerprint density at radius 2 is 1.27 bits per heavy atom. The number of methoxy groups -OCH3 is 3. The lowest BCUT2D eigenvalue weighted by Crippen LogP contribution is -2.29. The summed E-state index contributed by atoms with van der Waals surface area (Å²) in [4.78, 5) is 107. The maximum absolute atomic E-state index is 12.3. The summed E-state index contributed by atoms with van der Waals surface area (Å²) in [6.45, 7) is 13.3. The molecule has 18 nitrogen and oxygen atoms in total. The zero-order valence-corrected chi connectivity index (χ0v) is 33.6. The van der Waals surface area contributed by atoms with Crippen molar-refractivity contribution in [1.82, 2.24) is 14.5 Å². The first-order valence-electron chi connectivity index (χ1n) is 16.8. The number of hydrogen-bond acceptors (Lipinski definition) is 16. The molecular weight excluding hydrogens is 726 g/mol. The van der Waals surface area contributed by atoms with Crippen molar-refractivity contribution >= 4 is 36.0 Å². The van der Waals surface area contributed by atoms with E-state index in [1.807, 2.05) is 18.4 Å². The second-order valence-electron chi connectivity index (χ2n) is 10.7. The Morgan fingerprint density at radius 1 is 0.800 bits per heavy atom. The number of nitrogens with zero attached hydrogens (tertiary/aromatic N) is 2. The van der Waals surface area contributed by atoms with Crippen LogP contribution in [0, 0.1) is 13.8 Å². The number of carbonyl (C=O) groups excluding carboxylic acids is 8. The van der Waals surface area contributed by atoms with Crippen LogP contribution in [0.2, 0.25) is 0 Å². The summed E-state index contributed by atoms with van der Waals surface area (Å²) in [5, 5.41) is 0. The van der Waals surface area contributed by atoms with E-state index in [1.165, 1.54) is 25.7 Å². The van der Waals surface area contributed by atoms with Crippen molar-refractivity contribution in [1.29, 1.82) is 0 Å². The molecule has 0 amide bonds. The lowest BCUT2D eigenvalue weighted by atomic mass is 10.1. The molecular formula is C37H53N3O15. The van der Waals surface area contributed by atoms with E-state index < -0.39 is 24.2 Å². The van der Waals surface area contributed by atoms with Gasteiger partial charge in [0, 0.05) is 75.8 Å². The number of esters is 3. The molecule has 0 aliphatic carbocycles. The molecule has 0 unspecified atom stereocenters. The van der Waals surface area contributed by atoms with E-state index in [2.05, 4.69) is 9.72 Å². The zero-order valence-electron chi connectivity index (χ0n) is 33.6. The number of ether oxygens (including phenoxy) is 5. The molecule has 0 atom stereocenters. The second-order valence-corrected chi connectivity index (χ2v) is 10.7. The van der Waals surface area contributed by atoms with Gasteiger partial charge in [0.2, 0.25) is 0 Å². The fourth-order valence-corrected chi connectivity index (χ4v) is 4.43. The van der Waals surface area contributed by atoms with Crippen LogP contribution >= 0.6 is 0 Å². The van der Waals surface area contributed by atoms with Crippen molar-refractivity contribution < 1.29 is 62.0 Å². The van der Waals surface area contributed by atoms with Crippen LogP contribution in [0.3, 0.4) is 0 Å². The maximum Gasteiger partial charge on any atom is 0.373 e. The van der Waals surface area contributed by atoms with Gasteiger partial charge in [-0.25, -0.2) is 14.4 Å². The summed E-state index contributed by atoms with van der Waals surface area (Å²) in [6, 6.07) is 0. The molecule has 0 aliphatic rings. The van der Waals surface area contributed by atoms with Crippen molar-refractivity contribution in [3.8, 4) is 0 Å². The summed E-state index contributed by atoms with van der Waals surface area (Å²) < 4.78 is 26.4. The number of hydrogen-bond donors (Lipinski definition) is 1. The van der Waals surface area contributed by atoms with E-state index in [1.54, 1.807) is 67.8 Å². The van der Waals surface area contributed by atoms with Crippen LogP contribution in [0.25, 0.3) is 0 Å². The number of ketones is 1. The van der Waals surface area contributed by atoms with Gasteiger partial charge in [-0.15, -0.1) is 0 Å². The molecule has 2 aromatic rings. The molecule has 0 spiro atoms. The summed E-state index contributed by atoms with van der Waals surface area (Å²) >= 11 is 0. The third-order valence-corrected chi connectivity index (χ3v) is 7.04. The topological polar surface area (TPSA) is 241 Å². The Hall–Kier alpha value is -5.80. The van der Waals surface area contributed by atoms with Crippen molar-refractivity contribution in [3.05, 3.63) is 78.3 Å². The first-order chi connectivity index (χ1) is 26.0. The molecule has 0 saturated heterocycles. The Kier molecular flexibility index (Phi) is 29.8. The van der Waals surface area contributed by atoms with Gasteiger partial charge in [0.15, 0.2) is 22.9 Å². The highest BCUT2D eigenvalue weighted by atomic mass is 16.7. The average molecular weight is 780 g/mol. The van der Waals surface area contributed by atoms with Crippen LogP contribution in [0.4, 0.5) is 0 Å². The first kappa shape index (κ1) is 53.6. The zero-order chi connectivity index (χ0) is 43.3. The van der Waals surface area contributed by atoms with Crippen LogP contribution in [0.15, 0.2) is 33.8 Å². The van der Waals surface area contributed by atoms with Gasteiger partial charge in [-0.1, -0.05) is 20.8 Å². The normalized spacial score (nSPS) is 9.80. The molecule has 0 bridgehead atoms. The van der Waals surface area contributed by atoms with E-state index in [0.717, 1.165) is 17.8 Å². The summed E-state index contributed by atoms with van der Waals surface area (Å²) in [5.74, 6) is -1.96. The molecule has 0 radical (unpaired) electrons. The highest BCUT2D eigenvalue weighted by Crippen LogP contribution is 2.11. The van der Waals surface area contributed by atoms with Crippen molar-refractivity contribution in [2.75, 3.05) is 48.6 Å². The third-order valence-electron chi connectivity index (χ3n) is 7.04. The van der Waals surface area contributed by atoms with Gasteiger partial charge in [0.05, 0.1) is 26.9 Å². The van der Waals surface area contributed by atoms with Crippen LogP contribution in [-0.4, -0.2) is 105 Å². The Morgan fingerprint density at radius 3 is 1.65 bits per heavy atom. The molecule has 1 N–H and O–H groups in total. The third kappa shape index (κ3) is 19.2. The summed E-state index contributed by atoms with van der Waals surface area (Å²) in [7, 11) is 7.83. The number of H-pyrrole nitrogens is 1. The second kappa shape index (κ2) is 30.6. The Bertz CT molecular complexity index is 1710. The predicted molar refractivity (Wildman–Crippen MR) is 195 cm³/mol. The Balaban J connectivity index is -0.000000705. The summed E-state index contributed by atoms with van der Waals surface area (Å²) in [5.41, 5.74) is 2.52. The number of aromatic nitrogens is 2. The molecule has 0 aliphatic heterocycles. The van der Waals surface area contributed by atoms with Crippen molar-refractivity contribution in [2.24, 2.45) is 0 Å². The largest absolute Gasteiger partial charge is 0.465 e. The van der Waals surface area contributed by atoms with E-state index in [-0.39, 0.29) is 58.9 Å². The van der Waals surface area contributed by atoms with Gasteiger partial charge in [0.25, 0.3) is 0 Å². The van der Waals surface area contributed by atoms with Crippen LogP contribution in [0.5, 0.6) is 0 Å². The molecule has 18 heteroatoms. The van der Waals surface area contributed by atoms with E-state index in [0.29, 0.717) is 30.5 Å². The number of aryl methyl sites for hydroxylation is 1. The predicted octanol–water partition coefficient (Wildman–Crippen LogP) is 2.35. The number of nitrogens with one attached hydrogen (secondary N) is 1. The summed E-state index contributed by atoms with van der Waals surface area (Å²) in [6.07, 6.45) is 6.18. The van der Waals surface area contributed by atoms with E-state index in [9.17, 15) is 28.8 Å². The molecule has 0 saturated carbocycles. The van der Waals surface area contributed by atoms with Crippen molar-refractivity contribution in [3.63, 3.8) is 0 Å². The minimum atomic E-state index is -0.603. The number of Topliss-reactive ketones (excluding diaryl/α,β-unsaturated/α-hetero) is 1. The SMILES string of the molecule is CCC(=O)/C(=C/N(C)C)C(=O)OC.CCOC(=O)c1c[nH]c(CC)c(C)c1=O.CCOC(=O)c1cn(CC(OC)OC)c(CC)c(C)c1=O.O=C=O.O=C=O. The highest BCUT2D eigenvalue weighted by Gasteiger charge is 2.20. The van der Waals surface area contributed by atoms with Crippen LogP contribution in [-0.2, 0) is 71.8 Å². The lowest BCUT2D eigenvalue weighted by Gasteiger charge is -2.20. The van der Waals surface area contributed by atoms with Gasteiger partial charge in [0.1, 0.15) is 16.7 Å². The van der Waals surface area contributed by atoms with Crippen molar-refractivity contribution in [2.45, 2.75) is 80.6 Å². The standard InChI is InChI=1S/C15H23NO5.C11H15NO3.C9H15NO3.2CO2/c1-6-12-10(3)14(17)11(15(18)21-7-2)8-16(12)9-13(19-4)20-5;1-4-9-7(3)10(13)8(6-12-9)11(14)15-5-2;1-5-8(11)7(6-10(2)3)9(12)13-4;2*2-1-3/h8,13H,6-7,9H2,1-5H3;6H,4-5H2,1-3H3,(H,12,13);6H,5H2,1-4H3;;/b;;7-6-;;. The van der Waals surface area contributed by atoms with Gasteiger partial charge in [-0.05, 0) is 40.5 Å². The Labute approximate surface area is 319 Å². The minimum Gasteiger partial charge on any atom is -0.465 e. The number of carbonyl (C=O) groups is 4. The van der Waals surface area contributed by atoms with E-state index >= 15 is 0 Å². The monoisotopic (exact) mass is 779 g/mol. The number of rotatable bonds is 14. The van der Waals surface area contributed by atoms with Gasteiger partial charge in [-0.3, -0.25) is 14.4 Å². The minimum absolute atomic E-state index is 0.0394. The van der Waals surface area contributed by atoms with Crippen LogP contribution < -0.4 is 10.9 Å². The first-order valence-corrected chi connectivity index (χ1v) is 16.8. The smallest absolute Gasteiger partial charge is 0.373 e. The molecule has 2 rings (SSSR count). The van der Waals surface area contributed by atoms with Gasteiger partial charge >= 0.3 is 30.2 Å². The quantitative estimate of drug-likeness (QED) is 0.0723. The molecule has 0 aromatic carbocycles. The fourth-order valence-electron chi connectivity index (χ4n) is 4.43. The number of aromatic amines is 1. The fraction of sp³-hybridized carbons (Fsp3) is 0.514. The molecule has 0 fully saturated rings. The molecule has 2 aromatic heterocycles. The molecule has 306 valence electrons. The average Bonchev–Trinajstić information content (AvgIpc) is 3.15.